The Morgan fingerprint density at radius 2 is 2.33 bits per heavy atom. The largest absolute Gasteiger partial charge is 0.368 e. The fraction of sp³-hybridized carbons (Fsp3) is 0.300. The van der Waals surface area contributed by atoms with Crippen molar-refractivity contribution in [1.82, 2.24) is 20.0 Å². The normalized spacial score (nSPS) is 10.2. The molecule has 15 heavy (non-hydrogen) atoms. The van der Waals surface area contributed by atoms with E-state index in [1.54, 1.807) is 10.9 Å². The van der Waals surface area contributed by atoms with Crippen molar-refractivity contribution in [2.45, 2.75) is 6.42 Å². The van der Waals surface area contributed by atoms with Crippen LogP contribution in [0, 0.1) is 0 Å². The molecular weight excluding hydrogens is 190 g/mol. The van der Waals surface area contributed by atoms with Crippen molar-refractivity contribution in [2.24, 2.45) is 7.05 Å². The monoisotopic (exact) mass is 203 g/mol. The summed E-state index contributed by atoms with van der Waals surface area (Å²) in [6, 6.07) is 5.76. The van der Waals surface area contributed by atoms with Gasteiger partial charge in [0.25, 0.3) is 0 Å². The molecule has 0 saturated heterocycles. The van der Waals surface area contributed by atoms with E-state index in [0.717, 1.165) is 24.5 Å². The molecule has 0 radical (unpaired) electrons. The van der Waals surface area contributed by atoms with Gasteiger partial charge in [-0.25, -0.2) is 0 Å². The number of nitrogens with zero attached hydrogens (tertiary/aromatic N) is 4. The standard InChI is InChI=1S/C10H13N5/c1-15-8-5-9(14-15)4-7-11-10-3-2-6-12-13-10/h2-3,5-6,8H,4,7H2,1H3,(H,11,13). The Morgan fingerprint density at radius 3 is 3.00 bits per heavy atom. The van der Waals surface area contributed by atoms with E-state index < -0.39 is 0 Å². The van der Waals surface area contributed by atoms with Crippen LogP contribution in [0.25, 0.3) is 0 Å². The van der Waals surface area contributed by atoms with Gasteiger partial charge in [0, 0.05) is 32.4 Å². The first kappa shape index (κ1) is 9.64. The van der Waals surface area contributed by atoms with Crippen LogP contribution in [0.2, 0.25) is 0 Å². The second kappa shape index (κ2) is 4.54. The average molecular weight is 203 g/mol. The van der Waals surface area contributed by atoms with Crippen molar-refractivity contribution < 1.29 is 0 Å². The summed E-state index contributed by atoms with van der Waals surface area (Å²) in [6.07, 6.45) is 4.49. The first-order valence-electron chi connectivity index (χ1n) is 4.85. The molecular formula is C10H13N5. The molecule has 2 rings (SSSR count). The zero-order chi connectivity index (χ0) is 10.5. The maximum Gasteiger partial charge on any atom is 0.148 e. The van der Waals surface area contributed by atoms with Crippen LogP contribution in [0.4, 0.5) is 5.82 Å². The smallest absolute Gasteiger partial charge is 0.148 e. The van der Waals surface area contributed by atoms with Gasteiger partial charge in [0.05, 0.1) is 5.69 Å². The Bertz CT molecular complexity index is 409. The molecule has 0 bridgehead atoms. The van der Waals surface area contributed by atoms with Crippen LogP contribution in [-0.2, 0) is 13.5 Å². The Hall–Kier alpha value is -1.91. The molecule has 0 spiro atoms. The van der Waals surface area contributed by atoms with Crippen LogP contribution in [0.3, 0.4) is 0 Å². The van der Waals surface area contributed by atoms with E-state index in [4.69, 9.17) is 0 Å². The molecule has 0 unspecified atom stereocenters. The lowest BCUT2D eigenvalue weighted by Crippen LogP contribution is -2.07. The minimum atomic E-state index is 0.799. The van der Waals surface area contributed by atoms with Gasteiger partial charge in [-0.3, -0.25) is 4.68 Å². The highest BCUT2D eigenvalue weighted by Crippen LogP contribution is 1.99. The number of hydrogen-bond acceptors (Lipinski definition) is 4. The number of aryl methyl sites for hydroxylation is 1. The molecule has 5 nitrogen and oxygen atoms in total. The Kier molecular flexibility index (Phi) is 2.92. The summed E-state index contributed by atoms with van der Waals surface area (Å²) < 4.78 is 1.80. The van der Waals surface area contributed by atoms with Gasteiger partial charge in [-0.15, -0.1) is 5.10 Å². The molecule has 0 amide bonds. The van der Waals surface area contributed by atoms with Gasteiger partial charge >= 0.3 is 0 Å². The molecule has 78 valence electrons. The van der Waals surface area contributed by atoms with Gasteiger partial charge in [-0.1, -0.05) is 0 Å². The van der Waals surface area contributed by atoms with Crippen LogP contribution in [0.15, 0.2) is 30.6 Å². The second-order valence-corrected chi connectivity index (χ2v) is 3.27. The molecule has 2 heterocycles. The van der Waals surface area contributed by atoms with Crippen molar-refractivity contribution in [3.05, 3.63) is 36.3 Å². The topological polar surface area (TPSA) is 55.6 Å². The first-order valence-corrected chi connectivity index (χ1v) is 4.85. The van der Waals surface area contributed by atoms with Gasteiger partial charge in [0.15, 0.2) is 0 Å². The predicted molar refractivity (Wildman–Crippen MR) is 57.4 cm³/mol. The molecule has 2 aromatic heterocycles. The van der Waals surface area contributed by atoms with E-state index in [9.17, 15) is 0 Å². The summed E-state index contributed by atoms with van der Waals surface area (Å²) in [6.45, 7) is 0.815. The predicted octanol–water partition coefficient (Wildman–Crippen LogP) is 0.865. The average Bonchev–Trinajstić information content (AvgIpc) is 2.66. The molecule has 0 saturated carbocycles. The van der Waals surface area contributed by atoms with Gasteiger partial charge in [0.2, 0.25) is 0 Å². The molecule has 0 atom stereocenters. The van der Waals surface area contributed by atoms with E-state index in [-0.39, 0.29) is 0 Å². The zero-order valence-electron chi connectivity index (χ0n) is 8.59. The summed E-state index contributed by atoms with van der Waals surface area (Å²) in [5.74, 6) is 0.799. The lowest BCUT2D eigenvalue weighted by Gasteiger charge is -2.01. The molecule has 0 aliphatic heterocycles. The van der Waals surface area contributed by atoms with E-state index in [2.05, 4.69) is 20.6 Å². The summed E-state index contributed by atoms with van der Waals surface area (Å²) >= 11 is 0. The third kappa shape index (κ3) is 2.77. The number of aromatic nitrogens is 4. The van der Waals surface area contributed by atoms with E-state index in [0.29, 0.717) is 0 Å². The molecule has 0 aromatic carbocycles. The van der Waals surface area contributed by atoms with Crippen LogP contribution in [0.5, 0.6) is 0 Å². The third-order valence-electron chi connectivity index (χ3n) is 2.03. The summed E-state index contributed by atoms with van der Waals surface area (Å²) in [4.78, 5) is 0. The fourth-order valence-electron chi connectivity index (χ4n) is 1.31. The Labute approximate surface area is 88.1 Å². The third-order valence-corrected chi connectivity index (χ3v) is 2.03. The van der Waals surface area contributed by atoms with Gasteiger partial charge < -0.3 is 5.32 Å². The molecule has 1 N–H and O–H groups in total. The van der Waals surface area contributed by atoms with E-state index in [1.165, 1.54) is 0 Å². The Balaban J connectivity index is 1.80. The lowest BCUT2D eigenvalue weighted by molar-refractivity contribution is 0.741. The minimum absolute atomic E-state index is 0.799. The van der Waals surface area contributed by atoms with Crippen LogP contribution in [0.1, 0.15) is 5.69 Å². The second-order valence-electron chi connectivity index (χ2n) is 3.27. The minimum Gasteiger partial charge on any atom is -0.368 e. The summed E-state index contributed by atoms with van der Waals surface area (Å²) in [5, 5.41) is 15.2. The zero-order valence-corrected chi connectivity index (χ0v) is 8.59. The Morgan fingerprint density at radius 1 is 1.40 bits per heavy atom. The molecule has 0 aliphatic rings. The SMILES string of the molecule is Cn1ccc(CCNc2cccnn2)n1. The summed E-state index contributed by atoms with van der Waals surface area (Å²) in [5.41, 5.74) is 1.08. The number of anilines is 1. The van der Waals surface area contributed by atoms with Crippen molar-refractivity contribution >= 4 is 5.82 Å². The van der Waals surface area contributed by atoms with Crippen molar-refractivity contribution in [3.63, 3.8) is 0 Å². The van der Waals surface area contributed by atoms with E-state index in [1.807, 2.05) is 31.4 Å². The quantitative estimate of drug-likeness (QED) is 0.801. The van der Waals surface area contributed by atoms with Crippen LogP contribution < -0.4 is 5.32 Å². The van der Waals surface area contributed by atoms with Crippen molar-refractivity contribution in [1.29, 1.82) is 0 Å². The van der Waals surface area contributed by atoms with Crippen LogP contribution in [-0.4, -0.2) is 26.5 Å². The van der Waals surface area contributed by atoms with Crippen molar-refractivity contribution in [3.8, 4) is 0 Å². The maximum atomic E-state index is 4.28. The van der Waals surface area contributed by atoms with Gasteiger partial charge in [-0.2, -0.15) is 10.2 Å². The highest BCUT2D eigenvalue weighted by molar-refractivity contribution is 5.31. The van der Waals surface area contributed by atoms with E-state index >= 15 is 0 Å². The number of hydrogen-bond donors (Lipinski definition) is 1. The number of rotatable bonds is 4. The van der Waals surface area contributed by atoms with Gasteiger partial charge in [-0.05, 0) is 18.2 Å². The highest BCUT2D eigenvalue weighted by Gasteiger charge is 1.97. The maximum absolute atomic E-state index is 4.28. The molecule has 2 aromatic rings. The highest BCUT2D eigenvalue weighted by atomic mass is 15.2. The van der Waals surface area contributed by atoms with Crippen molar-refractivity contribution in [2.75, 3.05) is 11.9 Å². The fourth-order valence-corrected chi connectivity index (χ4v) is 1.31. The van der Waals surface area contributed by atoms with Gasteiger partial charge in [0.1, 0.15) is 5.82 Å². The number of nitrogens with one attached hydrogen (secondary N) is 1. The molecule has 5 heteroatoms. The summed E-state index contributed by atoms with van der Waals surface area (Å²) in [7, 11) is 1.92. The molecule has 0 fully saturated rings. The van der Waals surface area contributed by atoms with Crippen LogP contribution >= 0.6 is 0 Å². The first-order chi connectivity index (χ1) is 7.34. The molecule has 0 aliphatic carbocycles. The lowest BCUT2D eigenvalue weighted by atomic mass is 10.3.